The third-order valence-electron chi connectivity index (χ3n) is 2.46. The van der Waals surface area contributed by atoms with Crippen molar-refractivity contribution in [2.45, 2.75) is 32.2 Å². The minimum atomic E-state index is -0.0961. The van der Waals surface area contributed by atoms with E-state index in [1.54, 1.807) is 17.6 Å². The Labute approximate surface area is 99.3 Å². The third kappa shape index (κ3) is 2.51. The number of hydrogen-bond donors (Lipinski definition) is 1. The van der Waals surface area contributed by atoms with Crippen LogP contribution in [0.3, 0.4) is 0 Å². The van der Waals surface area contributed by atoms with Gasteiger partial charge in [0.15, 0.2) is 0 Å². The van der Waals surface area contributed by atoms with Gasteiger partial charge in [-0.05, 0) is 18.1 Å². The molecule has 0 spiro atoms. The SMILES string of the molecule is CC(C)c1csc(CC(N)c2ccco2)n1. The van der Waals surface area contributed by atoms with Crippen LogP contribution in [0.25, 0.3) is 0 Å². The molecule has 16 heavy (non-hydrogen) atoms. The summed E-state index contributed by atoms with van der Waals surface area (Å²) in [6, 6.07) is 3.67. The number of hydrogen-bond acceptors (Lipinski definition) is 4. The lowest BCUT2D eigenvalue weighted by Crippen LogP contribution is -2.12. The largest absolute Gasteiger partial charge is 0.468 e. The summed E-state index contributed by atoms with van der Waals surface area (Å²) in [4.78, 5) is 4.56. The van der Waals surface area contributed by atoms with E-state index in [1.165, 1.54) is 0 Å². The fourth-order valence-electron chi connectivity index (χ4n) is 1.47. The van der Waals surface area contributed by atoms with Crippen molar-refractivity contribution in [1.82, 2.24) is 4.98 Å². The number of nitrogens with zero attached hydrogens (tertiary/aromatic N) is 1. The number of furan rings is 1. The van der Waals surface area contributed by atoms with Crippen LogP contribution in [-0.2, 0) is 6.42 Å². The van der Waals surface area contributed by atoms with Crippen molar-refractivity contribution < 1.29 is 4.42 Å². The van der Waals surface area contributed by atoms with Crippen LogP contribution in [0.4, 0.5) is 0 Å². The molecule has 0 fully saturated rings. The van der Waals surface area contributed by atoms with E-state index in [0.29, 0.717) is 5.92 Å². The Morgan fingerprint density at radius 2 is 2.31 bits per heavy atom. The quantitative estimate of drug-likeness (QED) is 0.887. The van der Waals surface area contributed by atoms with Crippen LogP contribution in [-0.4, -0.2) is 4.98 Å². The molecule has 2 N–H and O–H groups in total. The van der Waals surface area contributed by atoms with Gasteiger partial charge in [0.25, 0.3) is 0 Å². The monoisotopic (exact) mass is 236 g/mol. The summed E-state index contributed by atoms with van der Waals surface area (Å²) >= 11 is 1.67. The molecule has 2 aromatic heterocycles. The summed E-state index contributed by atoms with van der Waals surface area (Å²) in [5.74, 6) is 1.30. The molecule has 1 unspecified atom stereocenters. The molecule has 2 rings (SSSR count). The second-order valence-electron chi connectivity index (χ2n) is 4.15. The van der Waals surface area contributed by atoms with E-state index in [2.05, 4.69) is 24.2 Å². The van der Waals surface area contributed by atoms with Gasteiger partial charge >= 0.3 is 0 Å². The van der Waals surface area contributed by atoms with Gasteiger partial charge in [-0.3, -0.25) is 0 Å². The van der Waals surface area contributed by atoms with Crippen LogP contribution in [0.15, 0.2) is 28.2 Å². The molecule has 0 saturated heterocycles. The Morgan fingerprint density at radius 3 is 2.88 bits per heavy atom. The summed E-state index contributed by atoms with van der Waals surface area (Å²) in [5.41, 5.74) is 7.17. The molecule has 2 heterocycles. The van der Waals surface area contributed by atoms with Crippen LogP contribution in [0, 0.1) is 0 Å². The summed E-state index contributed by atoms with van der Waals surface area (Å²) in [6.07, 6.45) is 2.39. The number of aromatic nitrogens is 1. The van der Waals surface area contributed by atoms with E-state index in [-0.39, 0.29) is 6.04 Å². The van der Waals surface area contributed by atoms with Gasteiger partial charge in [-0.1, -0.05) is 13.8 Å². The molecule has 0 saturated carbocycles. The minimum absolute atomic E-state index is 0.0961. The first-order valence-corrected chi connectivity index (χ1v) is 6.28. The van der Waals surface area contributed by atoms with Gasteiger partial charge in [0.1, 0.15) is 5.76 Å². The smallest absolute Gasteiger partial charge is 0.120 e. The van der Waals surface area contributed by atoms with Crippen molar-refractivity contribution in [2.75, 3.05) is 0 Å². The second-order valence-corrected chi connectivity index (χ2v) is 5.09. The van der Waals surface area contributed by atoms with Gasteiger partial charge in [0, 0.05) is 11.8 Å². The van der Waals surface area contributed by atoms with Gasteiger partial charge < -0.3 is 10.2 Å². The van der Waals surface area contributed by atoms with E-state index in [1.807, 2.05) is 12.1 Å². The highest BCUT2D eigenvalue weighted by atomic mass is 32.1. The van der Waals surface area contributed by atoms with Gasteiger partial charge in [-0.15, -0.1) is 11.3 Å². The van der Waals surface area contributed by atoms with Crippen molar-refractivity contribution in [3.8, 4) is 0 Å². The zero-order valence-corrected chi connectivity index (χ0v) is 10.3. The molecule has 1 atom stereocenters. The molecule has 0 aromatic carbocycles. The predicted octanol–water partition coefficient (Wildman–Crippen LogP) is 3.10. The standard InChI is InChI=1S/C12H16N2OS/c1-8(2)10-7-16-12(14-10)6-9(13)11-4-3-5-15-11/h3-5,7-9H,6,13H2,1-2H3. The van der Waals surface area contributed by atoms with Crippen LogP contribution >= 0.6 is 11.3 Å². The number of rotatable bonds is 4. The van der Waals surface area contributed by atoms with Gasteiger partial charge in [-0.2, -0.15) is 0 Å². The van der Waals surface area contributed by atoms with Crippen LogP contribution in [0.5, 0.6) is 0 Å². The molecular formula is C12H16N2OS. The van der Waals surface area contributed by atoms with Crippen molar-refractivity contribution in [3.05, 3.63) is 40.2 Å². The average molecular weight is 236 g/mol. The fraction of sp³-hybridized carbons (Fsp3) is 0.417. The maximum atomic E-state index is 6.03. The Kier molecular flexibility index (Phi) is 3.41. The zero-order valence-electron chi connectivity index (χ0n) is 9.51. The molecule has 0 radical (unpaired) electrons. The highest BCUT2D eigenvalue weighted by Crippen LogP contribution is 2.22. The maximum Gasteiger partial charge on any atom is 0.120 e. The number of thiazole rings is 1. The topological polar surface area (TPSA) is 52.0 Å². The summed E-state index contributed by atoms with van der Waals surface area (Å²) in [7, 11) is 0. The van der Waals surface area contributed by atoms with Gasteiger partial charge in [0.2, 0.25) is 0 Å². The molecule has 0 bridgehead atoms. The van der Waals surface area contributed by atoms with E-state index >= 15 is 0 Å². The second kappa shape index (κ2) is 4.80. The fourth-order valence-corrected chi connectivity index (χ4v) is 2.49. The van der Waals surface area contributed by atoms with Gasteiger partial charge in [0.05, 0.1) is 23.0 Å². The van der Waals surface area contributed by atoms with Gasteiger partial charge in [-0.25, -0.2) is 4.98 Å². The molecule has 0 aliphatic heterocycles. The first-order chi connectivity index (χ1) is 7.66. The lowest BCUT2D eigenvalue weighted by atomic mass is 10.1. The molecule has 0 amide bonds. The third-order valence-corrected chi connectivity index (χ3v) is 3.35. The normalized spacial score (nSPS) is 13.2. The van der Waals surface area contributed by atoms with Crippen LogP contribution < -0.4 is 5.73 Å². The van der Waals surface area contributed by atoms with Crippen molar-refractivity contribution in [2.24, 2.45) is 5.73 Å². The van der Waals surface area contributed by atoms with E-state index in [9.17, 15) is 0 Å². The zero-order chi connectivity index (χ0) is 11.5. The minimum Gasteiger partial charge on any atom is -0.468 e. The molecule has 2 aromatic rings. The average Bonchev–Trinajstić information content (AvgIpc) is 2.87. The Hall–Kier alpha value is -1.13. The van der Waals surface area contributed by atoms with E-state index < -0.39 is 0 Å². The molecule has 86 valence electrons. The van der Waals surface area contributed by atoms with Crippen LogP contribution in [0.1, 0.15) is 42.3 Å². The molecule has 3 nitrogen and oxygen atoms in total. The summed E-state index contributed by atoms with van der Waals surface area (Å²) < 4.78 is 5.27. The highest BCUT2D eigenvalue weighted by molar-refractivity contribution is 7.09. The first kappa shape index (κ1) is 11.4. The predicted molar refractivity (Wildman–Crippen MR) is 65.5 cm³/mol. The molecule has 4 heteroatoms. The first-order valence-electron chi connectivity index (χ1n) is 5.40. The Bertz CT molecular complexity index is 434. The van der Waals surface area contributed by atoms with Crippen molar-refractivity contribution >= 4 is 11.3 Å². The van der Waals surface area contributed by atoms with E-state index in [4.69, 9.17) is 10.2 Å². The lowest BCUT2D eigenvalue weighted by Gasteiger charge is -2.05. The molecule has 0 aliphatic carbocycles. The summed E-state index contributed by atoms with van der Waals surface area (Å²) in [5, 5.41) is 3.18. The van der Waals surface area contributed by atoms with Crippen molar-refractivity contribution in [3.63, 3.8) is 0 Å². The molecule has 0 aliphatic rings. The van der Waals surface area contributed by atoms with E-state index in [0.717, 1.165) is 22.9 Å². The lowest BCUT2D eigenvalue weighted by molar-refractivity contribution is 0.464. The Balaban J connectivity index is 2.03. The highest BCUT2D eigenvalue weighted by Gasteiger charge is 2.13. The Morgan fingerprint density at radius 1 is 1.50 bits per heavy atom. The molecular weight excluding hydrogens is 220 g/mol. The van der Waals surface area contributed by atoms with Crippen LogP contribution in [0.2, 0.25) is 0 Å². The summed E-state index contributed by atoms with van der Waals surface area (Å²) in [6.45, 7) is 4.29. The number of nitrogens with two attached hydrogens (primary N) is 1. The maximum absolute atomic E-state index is 6.03. The van der Waals surface area contributed by atoms with Crippen molar-refractivity contribution in [1.29, 1.82) is 0 Å².